The lowest BCUT2D eigenvalue weighted by Crippen LogP contribution is -2.43. The monoisotopic (exact) mass is 397 g/mol. The lowest BCUT2D eigenvalue weighted by atomic mass is 10.0. The van der Waals surface area contributed by atoms with Gasteiger partial charge in [-0.1, -0.05) is 0 Å². The molecule has 0 saturated carbocycles. The summed E-state index contributed by atoms with van der Waals surface area (Å²) >= 11 is 0. The smallest absolute Gasteiger partial charge is 0.191 e. The van der Waals surface area contributed by atoms with Gasteiger partial charge in [-0.3, -0.25) is 4.99 Å². The van der Waals surface area contributed by atoms with Crippen LogP contribution in [0.4, 0.5) is 0 Å². The Morgan fingerprint density at radius 1 is 1.15 bits per heavy atom. The average molecular weight is 397 g/mol. The predicted molar refractivity (Wildman–Crippen MR) is 98.2 cm³/mol. The predicted octanol–water partition coefficient (Wildman–Crippen LogP) is 1.21. The van der Waals surface area contributed by atoms with Crippen molar-refractivity contribution in [1.82, 2.24) is 20.4 Å². The fourth-order valence-electron chi connectivity index (χ4n) is 2.47. The molecule has 20 heavy (non-hydrogen) atoms. The summed E-state index contributed by atoms with van der Waals surface area (Å²) in [4.78, 5) is 9.47. The van der Waals surface area contributed by atoms with E-state index in [1.807, 2.05) is 0 Å². The summed E-state index contributed by atoms with van der Waals surface area (Å²) in [6.45, 7) is 10.4. The fourth-order valence-corrected chi connectivity index (χ4v) is 2.47. The molecule has 0 aromatic carbocycles. The molecule has 0 radical (unpaired) electrons. The van der Waals surface area contributed by atoms with Crippen molar-refractivity contribution in [3.63, 3.8) is 0 Å². The van der Waals surface area contributed by atoms with Gasteiger partial charge in [-0.15, -0.1) is 24.0 Å². The molecule has 0 amide bonds. The molecule has 0 aromatic rings. The Bertz CT molecular complexity index is 254. The molecule has 1 aliphatic rings. The van der Waals surface area contributed by atoms with Gasteiger partial charge in [-0.25, -0.2) is 0 Å². The molecular formula is C14H32IN5. The van der Waals surface area contributed by atoms with Gasteiger partial charge in [0.25, 0.3) is 0 Å². The molecule has 1 saturated heterocycles. The van der Waals surface area contributed by atoms with Crippen molar-refractivity contribution in [3.8, 4) is 0 Å². The van der Waals surface area contributed by atoms with Gasteiger partial charge >= 0.3 is 0 Å². The van der Waals surface area contributed by atoms with E-state index in [1.54, 1.807) is 0 Å². The molecule has 0 spiro atoms. The summed E-state index contributed by atoms with van der Waals surface area (Å²) in [6, 6.07) is 0.763. The summed E-state index contributed by atoms with van der Waals surface area (Å²) in [6.07, 6.45) is 2.56. The van der Waals surface area contributed by atoms with Crippen molar-refractivity contribution in [1.29, 1.82) is 0 Å². The van der Waals surface area contributed by atoms with Crippen LogP contribution >= 0.6 is 24.0 Å². The van der Waals surface area contributed by atoms with Gasteiger partial charge < -0.3 is 20.4 Å². The molecule has 0 atom stereocenters. The molecule has 1 fully saturated rings. The lowest BCUT2D eigenvalue weighted by molar-refractivity contribution is 0.148. The number of halogens is 1. The number of guanidine groups is 1. The second kappa shape index (κ2) is 11.6. The molecule has 0 aliphatic carbocycles. The maximum atomic E-state index is 4.59. The van der Waals surface area contributed by atoms with Crippen LogP contribution in [0.3, 0.4) is 0 Å². The minimum atomic E-state index is 0. The van der Waals surface area contributed by atoms with Crippen LogP contribution in [0.25, 0.3) is 0 Å². The molecule has 5 nitrogen and oxygen atoms in total. The van der Waals surface area contributed by atoms with Crippen molar-refractivity contribution in [3.05, 3.63) is 0 Å². The van der Waals surface area contributed by atoms with Crippen LogP contribution in [-0.4, -0.2) is 75.2 Å². The highest BCUT2D eigenvalue weighted by atomic mass is 127. The van der Waals surface area contributed by atoms with Crippen LogP contribution in [0.5, 0.6) is 0 Å². The summed E-state index contributed by atoms with van der Waals surface area (Å²) in [5.74, 6) is 0.938. The number of nitrogens with zero attached hydrogens (tertiary/aromatic N) is 3. The second-order valence-corrected chi connectivity index (χ2v) is 5.33. The zero-order valence-corrected chi connectivity index (χ0v) is 15.8. The third kappa shape index (κ3) is 7.64. The summed E-state index contributed by atoms with van der Waals surface area (Å²) < 4.78 is 0. The zero-order chi connectivity index (χ0) is 14.1. The third-order valence-electron chi connectivity index (χ3n) is 3.66. The molecule has 0 bridgehead atoms. The van der Waals surface area contributed by atoms with E-state index in [4.69, 9.17) is 0 Å². The Kier molecular flexibility index (Phi) is 11.5. The van der Waals surface area contributed by atoms with Crippen LogP contribution < -0.4 is 10.6 Å². The summed E-state index contributed by atoms with van der Waals surface area (Å²) in [7, 11) is 4.37. The van der Waals surface area contributed by atoms with Gasteiger partial charge in [0, 0.05) is 25.7 Å². The minimum Gasteiger partial charge on any atom is -0.357 e. The van der Waals surface area contributed by atoms with E-state index in [9.17, 15) is 0 Å². The van der Waals surface area contributed by atoms with Crippen molar-refractivity contribution < 1.29 is 0 Å². The number of rotatable bonds is 6. The Balaban J connectivity index is 0.00000361. The van der Waals surface area contributed by atoms with Crippen molar-refractivity contribution in [2.24, 2.45) is 4.99 Å². The molecule has 0 aromatic heterocycles. The van der Waals surface area contributed by atoms with Crippen LogP contribution in [0.2, 0.25) is 0 Å². The average Bonchev–Trinajstić information content (AvgIpc) is 2.40. The van der Waals surface area contributed by atoms with Gasteiger partial charge in [-0.05, 0) is 53.9 Å². The molecule has 1 aliphatic heterocycles. The Morgan fingerprint density at radius 2 is 1.70 bits per heavy atom. The standard InChI is InChI=1S/C14H31N5.HI/c1-5-15-14(16-6-2)17-9-12-19-10-7-13(8-11-19)18(3)4;/h13H,5-12H2,1-4H3,(H2,15,16,17);1H. The minimum absolute atomic E-state index is 0. The zero-order valence-electron chi connectivity index (χ0n) is 13.5. The number of piperidine rings is 1. The highest BCUT2D eigenvalue weighted by molar-refractivity contribution is 14.0. The highest BCUT2D eigenvalue weighted by Crippen LogP contribution is 2.13. The van der Waals surface area contributed by atoms with Crippen molar-refractivity contribution >= 4 is 29.9 Å². The lowest BCUT2D eigenvalue weighted by Gasteiger charge is -2.34. The van der Waals surface area contributed by atoms with Crippen LogP contribution in [0.15, 0.2) is 4.99 Å². The van der Waals surface area contributed by atoms with Gasteiger partial charge in [-0.2, -0.15) is 0 Å². The van der Waals surface area contributed by atoms with E-state index in [1.165, 1.54) is 25.9 Å². The third-order valence-corrected chi connectivity index (χ3v) is 3.66. The normalized spacial score (nSPS) is 16.6. The number of nitrogens with one attached hydrogen (secondary N) is 2. The van der Waals surface area contributed by atoms with Gasteiger partial charge in [0.05, 0.1) is 6.54 Å². The molecule has 0 unspecified atom stereocenters. The number of hydrogen-bond donors (Lipinski definition) is 2. The first-order chi connectivity index (χ1) is 9.17. The van der Waals surface area contributed by atoms with E-state index in [2.05, 4.69) is 53.4 Å². The maximum Gasteiger partial charge on any atom is 0.191 e. The molecule has 6 heteroatoms. The molecule has 120 valence electrons. The Labute approximate surface area is 141 Å². The number of likely N-dealkylation sites (tertiary alicyclic amines) is 1. The van der Waals surface area contributed by atoms with E-state index in [0.717, 1.165) is 38.2 Å². The first kappa shape index (κ1) is 19.9. The Hall–Kier alpha value is -0.0800. The van der Waals surface area contributed by atoms with Crippen LogP contribution in [0, 0.1) is 0 Å². The van der Waals surface area contributed by atoms with Crippen LogP contribution in [-0.2, 0) is 0 Å². The van der Waals surface area contributed by atoms with Crippen molar-refractivity contribution in [2.45, 2.75) is 32.7 Å². The second-order valence-electron chi connectivity index (χ2n) is 5.33. The molecule has 1 rings (SSSR count). The van der Waals surface area contributed by atoms with Crippen LogP contribution in [0.1, 0.15) is 26.7 Å². The quantitative estimate of drug-likeness (QED) is 0.402. The number of aliphatic imine (C=N–C) groups is 1. The van der Waals surface area contributed by atoms with Gasteiger partial charge in [0.15, 0.2) is 5.96 Å². The topological polar surface area (TPSA) is 42.9 Å². The molecule has 1 heterocycles. The SMILES string of the molecule is CCNC(=NCCN1CCC(N(C)C)CC1)NCC.I. The van der Waals surface area contributed by atoms with E-state index in [-0.39, 0.29) is 24.0 Å². The largest absolute Gasteiger partial charge is 0.357 e. The molecular weight excluding hydrogens is 365 g/mol. The summed E-state index contributed by atoms with van der Waals surface area (Å²) in [5, 5.41) is 6.51. The number of hydrogen-bond acceptors (Lipinski definition) is 3. The first-order valence-electron chi connectivity index (χ1n) is 7.58. The summed E-state index contributed by atoms with van der Waals surface area (Å²) in [5.41, 5.74) is 0. The first-order valence-corrected chi connectivity index (χ1v) is 7.58. The molecule has 2 N–H and O–H groups in total. The van der Waals surface area contributed by atoms with E-state index < -0.39 is 0 Å². The highest BCUT2D eigenvalue weighted by Gasteiger charge is 2.19. The van der Waals surface area contributed by atoms with Gasteiger partial charge in [0.2, 0.25) is 0 Å². The van der Waals surface area contributed by atoms with E-state index >= 15 is 0 Å². The van der Waals surface area contributed by atoms with Crippen molar-refractivity contribution in [2.75, 3.05) is 53.4 Å². The maximum absolute atomic E-state index is 4.59. The fraction of sp³-hybridized carbons (Fsp3) is 0.929. The van der Waals surface area contributed by atoms with Gasteiger partial charge in [0.1, 0.15) is 0 Å². The Morgan fingerprint density at radius 3 is 2.15 bits per heavy atom. The van der Waals surface area contributed by atoms with E-state index in [0.29, 0.717) is 0 Å².